The number of rotatable bonds is 5. The predicted octanol–water partition coefficient (Wildman–Crippen LogP) is 3.95. The van der Waals surface area contributed by atoms with Crippen molar-refractivity contribution in [2.45, 2.75) is 20.3 Å². The maximum absolute atomic E-state index is 5.66. The summed E-state index contributed by atoms with van der Waals surface area (Å²) in [5.74, 6) is 0.991. The Morgan fingerprint density at radius 1 is 1.20 bits per heavy atom. The van der Waals surface area contributed by atoms with E-state index in [-0.39, 0.29) is 0 Å². The summed E-state index contributed by atoms with van der Waals surface area (Å²) >= 11 is 3.46. The smallest absolute Gasteiger partial charge is 0.135 e. The van der Waals surface area contributed by atoms with Gasteiger partial charge in [0.15, 0.2) is 0 Å². The van der Waals surface area contributed by atoms with Gasteiger partial charge >= 0.3 is 0 Å². The van der Waals surface area contributed by atoms with Crippen LogP contribution in [0, 0.1) is 13.8 Å². The van der Waals surface area contributed by atoms with Crippen LogP contribution in [0.3, 0.4) is 0 Å². The summed E-state index contributed by atoms with van der Waals surface area (Å²) in [5, 5.41) is 0. The molecule has 0 bridgehead atoms. The fourth-order valence-corrected chi connectivity index (χ4v) is 2.59. The molecule has 4 heteroatoms. The van der Waals surface area contributed by atoms with E-state index in [4.69, 9.17) is 5.73 Å². The van der Waals surface area contributed by atoms with Gasteiger partial charge in [-0.15, -0.1) is 0 Å². The first-order valence-corrected chi connectivity index (χ1v) is 7.57. The maximum atomic E-state index is 5.66. The molecule has 0 atom stereocenters. The van der Waals surface area contributed by atoms with Crippen molar-refractivity contribution in [2.75, 3.05) is 18.0 Å². The molecule has 0 aliphatic carbocycles. The first-order valence-electron chi connectivity index (χ1n) is 6.78. The Balaban J connectivity index is 2.38. The van der Waals surface area contributed by atoms with Crippen molar-refractivity contribution in [1.82, 2.24) is 4.98 Å². The van der Waals surface area contributed by atoms with Crippen LogP contribution in [0.4, 0.5) is 11.5 Å². The van der Waals surface area contributed by atoms with E-state index in [9.17, 15) is 0 Å². The number of hydrogen-bond donors (Lipinski definition) is 1. The minimum atomic E-state index is 0.679. The lowest BCUT2D eigenvalue weighted by atomic mass is 10.2. The molecule has 106 valence electrons. The van der Waals surface area contributed by atoms with E-state index in [1.807, 2.05) is 6.20 Å². The molecule has 0 saturated carbocycles. The Morgan fingerprint density at radius 2 is 1.90 bits per heavy atom. The number of hydrogen-bond acceptors (Lipinski definition) is 3. The van der Waals surface area contributed by atoms with Gasteiger partial charge in [-0.3, -0.25) is 0 Å². The van der Waals surface area contributed by atoms with Gasteiger partial charge in [0.05, 0.1) is 0 Å². The maximum Gasteiger partial charge on any atom is 0.135 e. The minimum Gasteiger partial charge on any atom is -0.330 e. The zero-order valence-electron chi connectivity index (χ0n) is 11.9. The molecule has 0 saturated heterocycles. The van der Waals surface area contributed by atoms with E-state index in [2.05, 4.69) is 70.0 Å². The fourth-order valence-electron chi connectivity index (χ4n) is 2.15. The molecule has 3 nitrogen and oxygen atoms in total. The quantitative estimate of drug-likeness (QED) is 0.900. The average Bonchev–Trinajstić information content (AvgIpc) is 2.42. The van der Waals surface area contributed by atoms with Crippen LogP contribution in [0.1, 0.15) is 17.5 Å². The van der Waals surface area contributed by atoms with E-state index in [0.29, 0.717) is 6.54 Å². The molecular weight excluding hydrogens is 314 g/mol. The summed E-state index contributed by atoms with van der Waals surface area (Å²) in [6.07, 6.45) is 2.77. The van der Waals surface area contributed by atoms with Gasteiger partial charge in [0, 0.05) is 22.9 Å². The number of aryl methyl sites for hydroxylation is 2. The third-order valence-corrected chi connectivity index (χ3v) is 3.64. The first-order chi connectivity index (χ1) is 9.61. The van der Waals surface area contributed by atoms with Crippen LogP contribution in [-0.4, -0.2) is 18.1 Å². The Kier molecular flexibility index (Phi) is 5.15. The second-order valence-electron chi connectivity index (χ2n) is 4.92. The van der Waals surface area contributed by atoms with Gasteiger partial charge < -0.3 is 10.6 Å². The summed E-state index contributed by atoms with van der Waals surface area (Å²) in [4.78, 5) is 6.80. The number of benzene rings is 1. The van der Waals surface area contributed by atoms with Crippen molar-refractivity contribution in [3.05, 3.63) is 52.1 Å². The van der Waals surface area contributed by atoms with E-state index < -0.39 is 0 Å². The normalized spacial score (nSPS) is 10.6. The molecule has 1 heterocycles. The largest absolute Gasteiger partial charge is 0.330 e. The topological polar surface area (TPSA) is 42.1 Å². The number of pyridine rings is 1. The van der Waals surface area contributed by atoms with E-state index >= 15 is 0 Å². The highest BCUT2D eigenvalue weighted by Gasteiger charge is 2.13. The summed E-state index contributed by atoms with van der Waals surface area (Å²) in [7, 11) is 0. The number of halogens is 1. The molecular formula is C16H20BrN3. The molecule has 0 spiro atoms. The minimum absolute atomic E-state index is 0.679. The summed E-state index contributed by atoms with van der Waals surface area (Å²) in [5.41, 5.74) is 9.23. The van der Waals surface area contributed by atoms with Crippen molar-refractivity contribution in [1.29, 1.82) is 0 Å². The highest BCUT2D eigenvalue weighted by molar-refractivity contribution is 9.10. The van der Waals surface area contributed by atoms with Crippen molar-refractivity contribution in [2.24, 2.45) is 5.73 Å². The van der Waals surface area contributed by atoms with Crippen LogP contribution in [0.15, 0.2) is 41.0 Å². The highest BCUT2D eigenvalue weighted by atomic mass is 79.9. The van der Waals surface area contributed by atoms with Gasteiger partial charge in [-0.2, -0.15) is 0 Å². The van der Waals surface area contributed by atoms with Crippen molar-refractivity contribution >= 4 is 27.4 Å². The van der Waals surface area contributed by atoms with Crippen LogP contribution in [-0.2, 0) is 0 Å². The third kappa shape index (κ3) is 3.58. The van der Waals surface area contributed by atoms with Crippen LogP contribution in [0.5, 0.6) is 0 Å². The lowest BCUT2D eigenvalue weighted by Crippen LogP contribution is -2.22. The second-order valence-corrected chi connectivity index (χ2v) is 5.84. The van der Waals surface area contributed by atoms with Gasteiger partial charge in [-0.1, -0.05) is 17.7 Å². The third-order valence-electron chi connectivity index (χ3n) is 3.20. The van der Waals surface area contributed by atoms with Crippen LogP contribution in [0.2, 0.25) is 0 Å². The molecule has 2 N–H and O–H groups in total. The number of nitrogens with two attached hydrogens (primary N) is 1. The summed E-state index contributed by atoms with van der Waals surface area (Å²) in [6.45, 7) is 5.72. The van der Waals surface area contributed by atoms with Gasteiger partial charge in [0.25, 0.3) is 0 Å². The molecule has 0 aliphatic heterocycles. The second kappa shape index (κ2) is 6.86. The van der Waals surface area contributed by atoms with Gasteiger partial charge in [0.1, 0.15) is 5.82 Å². The Hall–Kier alpha value is -1.39. The molecule has 0 unspecified atom stereocenters. The summed E-state index contributed by atoms with van der Waals surface area (Å²) in [6, 6.07) is 10.6. The molecule has 1 aromatic carbocycles. The fraction of sp³-hybridized carbons (Fsp3) is 0.312. The molecule has 0 aliphatic rings. The van der Waals surface area contributed by atoms with E-state index in [1.54, 1.807) is 0 Å². The lowest BCUT2D eigenvalue weighted by molar-refractivity contribution is 0.807. The van der Waals surface area contributed by atoms with Crippen molar-refractivity contribution in [3.63, 3.8) is 0 Å². The van der Waals surface area contributed by atoms with Crippen molar-refractivity contribution < 1.29 is 0 Å². The molecule has 1 aromatic heterocycles. The van der Waals surface area contributed by atoms with Crippen LogP contribution < -0.4 is 10.6 Å². The highest BCUT2D eigenvalue weighted by Crippen LogP contribution is 2.28. The Bertz CT molecular complexity index is 566. The van der Waals surface area contributed by atoms with Crippen LogP contribution in [0.25, 0.3) is 0 Å². The number of nitrogens with zero attached hydrogens (tertiary/aromatic N) is 2. The Labute approximate surface area is 129 Å². The molecule has 0 fully saturated rings. The lowest BCUT2D eigenvalue weighted by Gasteiger charge is -2.25. The SMILES string of the molecule is Cc1ccc(N(CCCN)c2ncc(Br)cc2C)cc1. The van der Waals surface area contributed by atoms with Crippen LogP contribution >= 0.6 is 15.9 Å². The first kappa shape index (κ1) is 15.0. The van der Waals surface area contributed by atoms with Gasteiger partial charge in [-0.05, 0) is 66.5 Å². The molecule has 20 heavy (non-hydrogen) atoms. The van der Waals surface area contributed by atoms with E-state index in [0.717, 1.165) is 34.5 Å². The Morgan fingerprint density at radius 3 is 2.50 bits per heavy atom. The number of aromatic nitrogens is 1. The standard InChI is InChI=1S/C16H20BrN3/c1-12-4-6-15(7-5-12)20(9-3-8-18)16-13(2)10-14(17)11-19-16/h4-7,10-11H,3,8-9,18H2,1-2H3. The zero-order valence-corrected chi connectivity index (χ0v) is 13.5. The molecule has 0 radical (unpaired) electrons. The predicted molar refractivity (Wildman–Crippen MR) is 88.5 cm³/mol. The monoisotopic (exact) mass is 333 g/mol. The number of anilines is 2. The van der Waals surface area contributed by atoms with Crippen molar-refractivity contribution in [3.8, 4) is 0 Å². The molecule has 2 aromatic rings. The molecule has 2 rings (SSSR count). The molecule has 0 amide bonds. The zero-order chi connectivity index (χ0) is 14.5. The van der Waals surface area contributed by atoms with E-state index in [1.165, 1.54) is 5.56 Å². The summed E-state index contributed by atoms with van der Waals surface area (Å²) < 4.78 is 1.00. The van der Waals surface area contributed by atoms with Gasteiger partial charge in [-0.25, -0.2) is 4.98 Å². The van der Waals surface area contributed by atoms with Gasteiger partial charge in [0.2, 0.25) is 0 Å². The average molecular weight is 334 g/mol.